The lowest BCUT2D eigenvalue weighted by Crippen LogP contribution is -2.45. The maximum absolute atomic E-state index is 12.7. The highest BCUT2D eigenvalue weighted by atomic mass is 16.5. The molecule has 1 aliphatic rings. The maximum Gasteiger partial charge on any atom is 0.326 e. The Morgan fingerprint density at radius 2 is 1.95 bits per heavy atom. The Balaban J connectivity index is 2.20. The van der Waals surface area contributed by atoms with Gasteiger partial charge in [0.2, 0.25) is 5.91 Å². The third-order valence-corrected chi connectivity index (χ3v) is 4.33. The summed E-state index contributed by atoms with van der Waals surface area (Å²) in [5, 5.41) is 9.09. The van der Waals surface area contributed by atoms with E-state index in [9.17, 15) is 9.59 Å². The number of nitrogens with zero attached hydrogens (tertiary/aromatic N) is 1. The van der Waals surface area contributed by atoms with Crippen LogP contribution in [0.15, 0.2) is 24.3 Å². The number of carboxylic acid groups (broad SMARTS) is 1. The van der Waals surface area contributed by atoms with Crippen molar-refractivity contribution in [3.63, 3.8) is 0 Å². The molecule has 1 aliphatic heterocycles. The molecular formula is C17H23NO4. The van der Waals surface area contributed by atoms with Gasteiger partial charge < -0.3 is 14.7 Å². The number of rotatable bonds is 4. The predicted octanol–water partition coefficient (Wildman–Crippen LogP) is 2.39. The third-order valence-electron chi connectivity index (χ3n) is 4.33. The molecule has 120 valence electrons. The Morgan fingerprint density at radius 1 is 1.32 bits per heavy atom. The summed E-state index contributed by atoms with van der Waals surface area (Å²) in [6, 6.07) is 7.11. The minimum Gasteiger partial charge on any atom is -0.480 e. The molecular weight excluding hydrogens is 282 g/mol. The van der Waals surface area contributed by atoms with Gasteiger partial charge >= 0.3 is 5.97 Å². The van der Waals surface area contributed by atoms with Gasteiger partial charge in [-0.25, -0.2) is 4.79 Å². The molecule has 1 saturated heterocycles. The van der Waals surface area contributed by atoms with E-state index in [4.69, 9.17) is 9.84 Å². The van der Waals surface area contributed by atoms with Gasteiger partial charge in [-0.15, -0.1) is 0 Å². The first-order valence-corrected chi connectivity index (χ1v) is 7.59. The molecule has 22 heavy (non-hydrogen) atoms. The van der Waals surface area contributed by atoms with E-state index in [2.05, 4.69) is 0 Å². The lowest BCUT2D eigenvalue weighted by atomic mass is 9.88. The van der Waals surface area contributed by atoms with Crippen LogP contribution >= 0.6 is 0 Å². The van der Waals surface area contributed by atoms with Crippen molar-refractivity contribution >= 4 is 11.9 Å². The number of hydrogen-bond donors (Lipinski definition) is 1. The zero-order valence-corrected chi connectivity index (χ0v) is 13.3. The summed E-state index contributed by atoms with van der Waals surface area (Å²) in [4.78, 5) is 25.1. The van der Waals surface area contributed by atoms with Gasteiger partial charge in [0, 0.05) is 13.7 Å². The number of amides is 1. The number of likely N-dealkylation sites (N-methyl/N-ethyl adjacent to an activating group) is 1. The van der Waals surface area contributed by atoms with Crippen LogP contribution in [-0.4, -0.2) is 41.6 Å². The standard InChI is InChI=1S/C17H23NO4/c1-11-6-8-13(9-7-11)15-14(5-4-10-22-15)16(19)18(3)12(2)17(20)21/h6-9,12,14-15H,4-5,10H2,1-3H3,(H,20,21)/t12-,14-,15-/m0/s1. The number of carbonyl (C=O) groups is 2. The fourth-order valence-electron chi connectivity index (χ4n) is 2.74. The fourth-order valence-corrected chi connectivity index (χ4v) is 2.74. The molecule has 1 fully saturated rings. The van der Waals surface area contributed by atoms with Crippen molar-refractivity contribution < 1.29 is 19.4 Å². The first kappa shape index (κ1) is 16.5. The van der Waals surface area contributed by atoms with Crippen molar-refractivity contribution in [3.05, 3.63) is 35.4 Å². The summed E-state index contributed by atoms with van der Waals surface area (Å²) in [6.45, 7) is 4.15. The largest absolute Gasteiger partial charge is 0.480 e. The molecule has 0 aliphatic carbocycles. The maximum atomic E-state index is 12.7. The Morgan fingerprint density at radius 3 is 2.55 bits per heavy atom. The molecule has 3 atom stereocenters. The first-order valence-electron chi connectivity index (χ1n) is 7.59. The number of carbonyl (C=O) groups excluding carboxylic acids is 1. The molecule has 1 amide bonds. The highest BCUT2D eigenvalue weighted by molar-refractivity contribution is 5.85. The van der Waals surface area contributed by atoms with Crippen molar-refractivity contribution in [3.8, 4) is 0 Å². The Kier molecular flexibility index (Phi) is 5.19. The van der Waals surface area contributed by atoms with Crippen molar-refractivity contribution in [1.29, 1.82) is 0 Å². The number of carboxylic acids is 1. The van der Waals surface area contributed by atoms with Crippen LogP contribution < -0.4 is 0 Å². The van der Waals surface area contributed by atoms with Gasteiger partial charge in [0.05, 0.1) is 12.0 Å². The van der Waals surface area contributed by atoms with Crippen molar-refractivity contribution in [1.82, 2.24) is 4.90 Å². The second-order valence-corrected chi connectivity index (χ2v) is 5.91. The predicted molar refractivity (Wildman–Crippen MR) is 82.5 cm³/mol. The molecule has 2 rings (SSSR count). The van der Waals surface area contributed by atoms with Gasteiger partial charge in [-0.1, -0.05) is 29.8 Å². The molecule has 1 heterocycles. The summed E-state index contributed by atoms with van der Waals surface area (Å²) >= 11 is 0. The van der Waals surface area contributed by atoms with Crippen LogP contribution in [0.2, 0.25) is 0 Å². The van der Waals surface area contributed by atoms with Crippen molar-refractivity contribution in [2.45, 2.75) is 38.8 Å². The minimum atomic E-state index is -1.00. The summed E-state index contributed by atoms with van der Waals surface area (Å²) in [5.41, 5.74) is 2.12. The van der Waals surface area contributed by atoms with Crippen LogP contribution in [0.5, 0.6) is 0 Å². The van der Waals surface area contributed by atoms with Crippen LogP contribution in [0.3, 0.4) is 0 Å². The lowest BCUT2D eigenvalue weighted by Gasteiger charge is -2.34. The zero-order chi connectivity index (χ0) is 16.3. The van der Waals surface area contributed by atoms with E-state index in [1.54, 1.807) is 7.05 Å². The van der Waals surface area contributed by atoms with E-state index in [1.807, 2.05) is 31.2 Å². The van der Waals surface area contributed by atoms with Crippen molar-refractivity contribution in [2.75, 3.05) is 13.7 Å². The highest BCUT2D eigenvalue weighted by Crippen LogP contribution is 2.35. The summed E-state index contributed by atoms with van der Waals surface area (Å²) in [6.07, 6.45) is 1.23. The van der Waals surface area contributed by atoms with Crippen LogP contribution in [0.4, 0.5) is 0 Å². The fraction of sp³-hybridized carbons (Fsp3) is 0.529. The van der Waals surface area contributed by atoms with Crippen LogP contribution in [-0.2, 0) is 14.3 Å². The SMILES string of the molecule is Cc1ccc([C@@H]2OCCC[C@@H]2C(=O)N(C)[C@@H](C)C(=O)O)cc1. The van der Waals surface area contributed by atoms with E-state index in [1.165, 1.54) is 11.8 Å². The number of benzene rings is 1. The van der Waals surface area contributed by atoms with E-state index in [-0.39, 0.29) is 17.9 Å². The molecule has 5 nitrogen and oxygen atoms in total. The number of hydrogen-bond acceptors (Lipinski definition) is 3. The average molecular weight is 305 g/mol. The van der Waals surface area contributed by atoms with Crippen LogP contribution in [0.1, 0.15) is 37.0 Å². The van der Waals surface area contributed by atoms with Crippen molar-refractivity contribution in [2.24, 2.45) is 5.92 Å². The monoisotopic (exact) mass is 305 g/mol. The molecule has 1 N–H and O–H groups in total. The minimum absolute atomic E-state index is 0.167. The molecule has 1 aromatic carbocycles. The summed E-state index contributed by atoms with van der Waals surface area (Å²) in [7, 11) is 1.54. The quantitative estimate of drug-likeness (QED) is 0.927. The number of ether oxygens (including phenoxy) is 1. The smallest absolute Gasteiger partial charge is 0.326 e. The Labute approximate surface area is 130 Å². The van der Waals surface area contributed by atoms with Gasteiger partial charge in [0.1, 0.15) is 6.04 Å². The molecule has 0 spiro atoms. The number of aryl methyl sites for hydroxylation is 1. The zero-order valence-electron chi connectivity index (χ0n) is 13.3. The van der Waals surface area contributed by atoms with Gasteiger partial charge in [-0.3, -0.25) is 4.79 Å². The molecule has 0 radical (unpaired) electrons. The van der Waals surface area contributed by atoms with E-state index >= 15 is 0 Å². The van der Waals surface area contributed by atoms with Gasteiger partial charge in [0.25, 0.3) is 0 Å². The van der Waals surface area contributed by atoms with Crippen LogP contribution in [0.25, 0.3) is 0 Å². The number of aliphatic carboxylic acids is 1. The molecule has 1 aromatic rings. The van der Waals surface area contributed by atoms with E-state index in [0.717, 1.165) is 17.5 Å². The van der Waals surface area contributed by atoms with Gasteiger partial charge in [0.15, 0.2) is 0 Å². The Bertz CT molecular complexity index is 540. The van der Waals surface area contributed by atoms with Gasteiger partial charge in [-0.05, 0) is 32.3 Å². The second kappa shape index (κ2) is 6.92. The van der Waals surface area contributed by atoms with E-state index in [0.29, 0.717) is 13.0 Å². The normalized spacial score (nSPS) is 22.9. The summed E-state index contributed by atoms with van der Waals surface area (Å²) in [5.74, 6) is -1.50. The molecule has 5 heteroatoms. The lowest BCUT2D eigenvalue weighted by molar-refractivity contribution is -0.154. The van der Waals surface area contributed by atoms with Crippen LogP contribution in [0, 0.1) is 12.8 Å². The van der Waals surface area contributed by atoms with E-state index < -0.39 is 12.0 Å². The second-order valence-electron chi connectivity index (χ2n) is 5.91. The molecule has 0 bridgehead atoms. The third kappa shape index (κ3) is 3.47. The molecule has 0 aromatic heterocycles. The Hall–Kier alpha value is -1.88. The first-order chi connectivity index (χ1) is 10.4. The average Bonchev–Trinajstić information content (AvgIpc) is 2.53. The molecule has 0 unspecified atom stereocenters. The highest BCUT2D eigenvalue weighted by Gasteiger charge is 2.36. The summed E-state index contributed by atoms with van der Waals surface area (Å²) < 4.78 is 5.83. The topological polar surface area (TPSA) is 66.8 Å². The molecule has 0 saturated carbocycles. The van der Waals surface area contributed by atoms with Gasteiger partial charge in [-0.2, -0.15) is 0 Å².